The fraction of sp³-hybridized carbons (Fsp3) is 0.308. The SMILES string of the molecule is C=C[C](C)c1cccc(F)c1C1CC1. The van der Waals surface area contributed by atoms with Gasteiger partial charge in [-0.1, -0.05) is 25.1 Å². The predicted octanol–water partition coefficient (Wildman–Crippen LogP) is 3.83. The summed E-state index contributed by atoms with van der Waals surface area (Å²) in [5.74, 6) is 1.44. The molecular weight excluding hydrogens is 175 g/mol. The highest BCUT2D eigenvalue weighted by Crippen LogP contribution is 2.44. The second-order valence-electron chi connectivity index (χ2n) is 3.86. The van der Waals surface area contributed by atoms with E-state index in [1.165, 1.54) is 0 Å². The van der Waals surface area contributed by atoms with E-state index in [1.807, 2.05) is 13.0 Å². The number of benzene rings is 1. The average molecular weight is 189 g/mol. The number of allylic oxidation sites excluding steroid dienone is 1. The molecule has 1 fully saturated rings. The van der Waals surface area contributed by atoms with Gasteiger partial charge in [-0.05, 0) is 36.0 Å². The second kappa shape index (κ2) is 3.56. The molecule has 1 aromatic carbocycles. The third-order valence-corrected chi connectivity index (χ3v) is 2.77. The molecule has 1 aliphatic rings. The second-order valence-corrected chi connectivity index (χ2v) is 3.86. The van der Waals surface area contributed by atoms with Crippen LogP contribution in [0, 0.1) is 11.7 Å². The van der Waals surface area contributed by atoms with Crippen molar-refractivity contribution in [2.75, 3.05) is 0 Å². The Kier molecular flexibility index (Phi) is 2.40. The van der Waals surface area contributed by atoms with Gasteiger partial charge in [0.2, 0.25) is 0 Å². The molecule has 0 atom stereocenters. The standard InChI is InChI=1S/C13H14F/c1-3-9(2)11-5-4-6-12(14)13(11)10-7-8-10/h3-6,10H,1,7-8H2,2H3. The van der Waals surface area contributed by atoms with Crippen LogP contribution in [-0.2, 0) is 0 Å². The molecule has 0 aliphatic heterocycles. The summed E-state index contributed by atoms with van der Waals surface area (Å²) in [5, 5.41) is 0. The number of halogens is 1. The summed E-state index contributed by atoms with van der Waals surface area (Å²) in [6, 6.07) is 5.30. The Morgan fingerprint density at radius 3 is 2.79 bits per heavy atom. The molecular formula is C13H14F. The molecule has 73 valence electrons. The molecule has 0 nitrogen and oxygen atoms in total. The highest BCUT2D eigenvalue weighted by molar-refractivity contribution is 5.45. The van der Waals surface area contributed by atoms with E-state index in [-0.39, 0.29) is 5.82 Å². The maximum atomic E-state index is 13.6. The predicted molar refractivity (Wildman–Crippen MR) is 56.6 cm³/mol. The fourth-order valence-corrected chi connectivity index (χ4v) is 1.78. The van der Waals surface area contributed by atoms with Crippen LogP contribution in [-0.4, -0.2) is 0 Å². The first-order valence-electron chi connectivity index (χ1n) is 4.99. The van der Waals surface area contributed by atoms with Crippen molar-refractivity contribution in [1.82, 2.24) is 0 Å². The van der Waals surface area contributed by atoms with Gasteiger partial charge in [-0.15, -0.1) is 6.58 Å². The summed E-state index contributed by atoms with van der Waals surface area (Å²) in [7, 11) is 0. The lowest BCUT2D eigenvalue weighted by molar-refractivity contribution is 0.608. The molecule has 1 aliphatic carbocycles. The summed E-state index contributed by atoms with van der Waals surface area (Å²) in [4.78, 5) is 0. The molecule has 0 N–H and O–H groups in total. The lowest BCUT2D eigenvalue weighted by Gasteiger charge is -2.12. The molecule has 2 rings (SSSR count). The van der Waals surface area contributed by atoms with Crippen molar-refractivity contribution >= 4 is 0 Å². The molecule has 1 radical (unpaired) electrons. The van der Waals surface area contributed by atoms with Crippen LogP contribution in [0.4, 0.5) is 4.39 Å². The van der Waals surface area contributed by atoms with Crippen molar-refractivity contribution in [2.45, 2.75) is 25.7 Å². The summed E-state index contributed by atoms with van der Waals surface area (Å²) in [6.07, 6.45) is 4.04. The minimum absolute atomic E-state index is 0.0637. The Hall–Kier alpha value is -1.11. The molecule has 1 heteroatoms. The Bertz CT molecular complexity index is 350. The third kappa shape index (κ3) is 1.59. The van der Waals surface area contributed by atoms with Gasteiger partial charge in [0.1, 0.15) is 5.82 Å². The van der Waals surface area contributed by atoms with Crippen molar-refractivity contribution < 1.29 is 4.39 Å². The molecule has 0 amide bonds. The summed E-state index contributed by atoms with van der Waals surface area (Å²) in [6.45, 7) is 5.71. The maximum Gasteiger partial charge on any atom is 0.126 e. The molecule has 0 aromatic heterocycles. The van der Waals surface area contributed by atoms with Gasteiger partial charge in [-0.25, -0.2) is 4.39 Å². The van der Waals surface area contributed by atoms with Crippen molar-refractivity contribution in [3.05, 3.63) is 53.7 Å². The van der Waals surface area contributed by atoms with Crippen LogP contribution in [0.3, 0.4) is 0 Å². The molecule has 0 unspecified atom stereocenters. The van der Waals surface area contributed by atoms with Crippen LogP contribution in [0.15, 0.2) is 30.9 Å². The maximum absolute atomic E-state index is 13.6. The highest BCUT2D eigenvalue weighted by atomic mass is 19.1. The summed E-state index contributed by atoms with van der Waals surface area (Å²) < 4.78 is 13.6. The molecule has 1 aromatic rings. The molecule has 0 spiro atoms. The Morgan fingerprint density at radius 1 is 1.50 bits per heavy atom. The Morgan fingerprint density at radius 2 is 2.21 bits per heavy atom. The van der Waals surface area contributed by atoms with E-state index in [1.54, 1.807) is 18.2 Å². The van der Waals surface area contributed by atoms with Gasteiger partial charge in [-0.3, -0.25) is 0 Å². The molecule has 0 heterocycles. The first-order valence-corrected chi connectivity index (χ1v) is 4.99. The summed E-state index contributed by atoms with van der Waals surface area (Å²) in [5.41, 5.74) is 1.92. The summed E-state index contributed by atoms with van der Waals surface area (Å²) >= 11 is 0. The average Bonchev–Trinajstić information content (AvgIpc) is 3.00. The van der Waals surface area contributed by atoms with E-state index >= 15 is 0 Å². The van der Waals surface area contributed by atoms with Gasteiger partial charge in [-0.2, -0.15) is 0 Å². The van der Waals surface area contributed by atoms with Crippen LogP contribution in [0.25, 0.3) is 0 Å². The normalized spacial score (nSPS) is 15.9. The largest absolute Gasteiger partial charge is 0.207 e. The fourth-order valence-electron chi connectivity index (χ4n) is 1.78. The molecule has 0 saturated heterocycles. The van der Waals surface area contributed by atoms with Crippen LogP contribution in [0.1, 0.15) is 36.8 Å². The first-order chi connectivity index (χ1) is 6.74. The number of rotatable bonds is 3. The van der Waals surface area contributed by atoms with Crippen LogP contribution < -0.4 is 0 Å². The first kappa shape index (κ1) is 9.45. The molecule has 14 heavy (non-hydrogen) atoms. The zero-order chi connectivity index (χ0) is 10.1. The quantitative estimate of drug-likeness (QED) is 0.677. The Labute approximate surface area is 84.5 Å². The van der Waals surface area contributed by atoms with Gasteiger partial charge in [0.05, 0.1) is 0 Å². The third-order valence-electron chi connectivity index (χ3n) is 2.77. The molecule has 1 saturated carbocycles. The minimum atomic E-state index is -0.0637. The Balaban J connectivity index is 2.46. The smallest absolute Gasteiger partial charge is 0.126 e. The highest BCUT2D eigenvalue weighted by Gasteiger charge is 2.29. The van der Waals surface area contributed by atoms with Crippen molar-refractivity contribution in [3.63, 3.8) is 0 Å². The van der Waals surface area contributed by atoms with Gasteiger partial charge < -0.3 is 0 Å². The van der Waals surface area contributed by atoms with Crippen LogP contribution in [0.2, 0.25) is 0 Å². The minimum Gasteiger partial charge on any atom is -0.207 e. The van der Waals surface area contributed by atoms with Crippen molar-refractivity contribution in [3.8, 4) is 0 Å². The molecule has 0 bridgehead atoms. The lowest BCUT2D eigenvalue weighted by Crippen LogP contribution is -1.99. The van der Waals surface area contributed by atoms with Crippen molar-refractivity contribution in [2.24, 2.45) is 0 Å². The van der Waals surface area contributed by atoms with Crippen LogP contribution >= 0.6 is 0 Å². The van der Waals surface area contributed by atoms with Gasteiger partial charge in [0.15, 0.2) is 0 Å². The van der Waals surface area contributed by atoms with Crippen molar-refractivity contribution in [1.29, 1.82) is 0 Å². The monoisotopic (exact) mass is 189 g/mol. The topological polar surface area (TPSA) is 0 Å². The zero-order valence-corrected chi connectivity index (χ0v) is 8.39. The van der Waals surface area contributed by atoms with Gasteiger partial charge >= 0.3 is 0 Å². The zero-order valence-electron chi connectivity index (χ0n) is 8.39. The number of hydrogen-bond acceptors (Lipinski definition) is 0. The van der Waals surface area contributed by atoms with E-state index in [4.69, 9.17) is 0 Å². The number of hydrogen-bond donors (Lipinski definition) is 0. The van der Waals surface area contributed by atoms with Gasteiger partial charge in [0, 0.05) is 5.92 Å². The van der Waals surface area contributed by atoms with E-state index in [0.717, 1.165) is 29.9 Å². The van der Waals surface area contributed by atoms with E-state index in [0.29, 0.717) is 5.92 Å². The van der Waals surface area contributed by atoms with Crippen LogP contribution in [0.5, 0.6) is 0 Å². The van der Waals surface area contributed by atoms with E-state index < -0.39 is 0 Å². The van der Waals surface area contributed by atoms with Gasteiger partial charge in [0.25, 0.3) is 0 Å². The van der Waals surface area contributed by atoms with E-state index in [9.17, 15) is 4.39 Å². The van der Waals surface area contributed by atoms with E-state index in [2.05, 4.69) is 6.58 Å². The lowest BCUT2D eigenvalue weighted by atomic mass is 9.93.